The van der Waals surface area contributed by atoms with E-state index in [0.29, 0.717) is 30.9 Å². The minimum atomic E-state index is -4.38. The van der Waals surface area contributed by atoms with Gasteiger partial charge in [0.05, 0.1) is 19.8 Å². The standard InChI is InChI=1S/C29H33F3N2O3/c1-4-18-33-28(35)27(21-8-6-5-7-9-21)34-24(22-13-17-25(36-2)26(19-22)37-3)16-12-20-10-14-23(15-11-20)29(30,31)32/h5-11,13-15,17,19,24,27,34H,4,12,16,18H2,1-3H3,(H,33,35)/t24?,27-/m1/s1. The second kappa shape index (κ2) is 13.1. The van der Waals surface area contributed by atoms with Crippen LogP contribution in [0.2, 0.25) is 0 Å². The molecule has 2 atom stereocenters. The molecular formula is C29H33F3N2O3. The van der Waals surface area contributed by atoms with Crippen molar-refractivity contribution in [3.63, 3.8) is 0 Å². The molecule has 1 unspecified atom stereocenters. The van der Waals surface area contributed by atoms with Gasteiger partial charge in [0.1, 0.15) is 6.04 Å². The molecule has 5 nitrogen and oxygen atoms in total. The monoisotopic (exact) mass is 514 g/mol. The van der Waals surface area contributed by atoms with Crippen molar-refractivity contribution < 1.29 is 27.4 Å². The fraction of sp³-hybridized carbons (Fsp3) is 0.345. The molecule has 0 aliphatic rings. The average molecular weight is 515 g/mol. The van der Waals surface area contributed by atoms with Gasteiger partial charge in [0.2, 0.25) is 5.91 Å². The molecule has 37 heavy (non-hydrogen) atoms. The lowest BCUT2D eigenvalue weighted by atomic mass is 9.95. The summed E-state index contributed by atoms with van der Waals surface area (Å²) in [5.41, 5.74) is 1.78. The number of amides is 1. The molecule has 0 radical (unpaired) electrons. The van der Waals surface area contributed by atoms with Crippen molar-refractivity contribution in [2.24, 2.45) is 0 Å². The molecule has 198 valence electrons. The van der Waals surface area contributed by atoms with Gasteiger partial charge in [-0.05, 0) is 60.2 Å². The Labute approximate surface area is 216 Å². The van der Waals surface area contributed by atoms with Gasteiger partial charge >= 0.3 is 6.18 Å². The van der Waals surface area contributed by atoms with E-state index in [1.165, 1.54) is 12.1 Å². The summed E-state index contributed by atoms with van der Waals surface area (Å²) in [5, 5.41) is 6.47. The Bertz CT molecular complexity index is 1140. The number of nitrogens with one attached hydrogen (secondary N) is 2. The Kier molecular flexibility index (Phi) is 9.97. The molecule has 0 aromatic heterocycles. The summed E-state index contributed by atoms with van der Waals surface area (Å²) in [7, 11) is 3.11. The molecule has 8 heteroatoms. The fourth-order valence-corrected chi connectivity index (χ4v) is 4.11. The number of benzene rings is 3. The van der Waals surface area contributed by atoms with Crippen LogP contribution >= 0.6 is 0 Å². The third-order valence-corrected chi connectivity index (χ3v) is 6.13. The van der Waals surface area contributed by atoms with E-state index in [4.69, 9.17) is 9.47 Å². The number of ether oxygens (including phenoxy) is 2. The van der Waals surface area contributed by atoms with Gasteiger partial charge in [0.15, 0.2) is 11.5 Å². The van der Waals surface area contributed by atoms with Crippen molar-refractivity contribution in [2.75, 3.05) is 20.8 Å². The first-order valence-electron chi connectivity index (χ1n) is 12.2. The van der Waals surface area contributed by atoms with E-state index in [0.717, 1.165) is 35.2 Å². The Balaban J connectivity index is 1.92. The number of alkyl halides is 3. The van der Waals surface area contributed by atoms with Crippen LogP contribution < -0.4 is 20.1 Å². The average Bonchev–Trinajstić information content (AvgIpc) is 2.91. The molecule has 2 N–H and O–H groups in total. The summed E-state index contributed by atoms with van der Waals surface area (Å²) >= 11 is 0. The highest BCUT2D eigenvalue weighted by molar-refractivity contribution is 5.83. The predicted molar refractivity (Wildman–Crippen MR) is 138 cm³/mol. The first kappa shape index (κ1) is 28.1. The van der Waals surface area contributed by atoms with Crippen LogP contribution in [0.15, 0.2) is 72.8 Å². The highest BCUT2D eigenvalue weighted by Crippen LogP contribution is 2.33. The number of rotatable bonds is 12. The lowest BCUT2D eigenvalue weighted by Crippen LogP contribution is -2.39. The first-order chi connectivity index (χ1) is 17.8. The lowest BCUT2D eigenvalue weighted by Gasteiger charge is -2.27. The summed E-state index contributed by atoms with van der Waals surface area (Å²) in [6.07, 6.45) is -2.54. The van der Waals surface area contributed by atoms with Crippen molar-refractivity contribution >= 4 is 5.91 Å². The van der Waals surface area contributed by atoms with E-state index in [1.54, 1.807) is 20.3 Å². The van der Waals surface area contributed by atoms with E-state index in [9.17, 15) is 18.0 Å². The SMILES string of the molecule is CCCNC(=O)[C@H](NC(CCc1ccc(C(F)(F)F)cc1)c1ccc(OC)c(OC)c1)c1ccccc1. The molecule has 0 aliphatic heterocycles. The normalized spacial score (nSPS) is 13.0. The molecule has 1 amide bonds. The van der Waals surface area contributed by atoms with E-state index in [2.05, 4.69) is 10.6 Å². The van der Waals surface area contributed by atoms with Crippen LogP contribution in [-0.2, 0) is 17.4 Å². The highest BCUT2D eigenvalue weighted by Gasteiger charge is 2.30. The molecule has 0 saturated carbocycles. The van der Waals surface area contributed by atoms with Crippen molar-refractivity contribution in [2.45, 2.75) is 44.4 Å². The smallest absolute Gasteiger partial charge is 0.416 e. The maximum absolute atomic E-state index is 13.2. The number of aryl methyl sites for hydroxylation is 1. The Hall–Kier alpha value is -3.52. The molecule has 3 rings (SSSR count). The van der Waals surface area contributed by atoms with Gasteiger partial charge in [-0.15, -0.1) is 0 Å². The van der Waals surface area contributed by atoms with Gasteiger partial charge in [0.25, 0.3) is 0 Å². The number of hydrogen-bond donors (Lipinski definition) is 2. The van der Waals surface area contributed by atoms with Crippen molar-refractivity contribution in [1.82, 2.24) is 10.6 Å². The second-order valence-corrected chi connectivity index (χ2v) is 8.70. The molecule has 3 aromatic rings. The zero-order chi connectivity index (χ0) is 26.8. The van der Waals surface area contributed by atoms with Crippen molar-refractivity contribution in [3.05, 3.63) is 95.1 Å². The van der Waals surface area contributed by atoms with Gasteiger partial charge in [-0.25, -0.2) is 0 Å². The van der Waals surface area contributed by atoms with Crippen LogP contribution in [0.3, 0.4) is 0 Å². The van der Waals surface area contributed by atoms with E-state index < -0.39 is 17.8 Å². The van der Waals surface area contributed by atoms with E-state index in [1.807, 2.05) is 49.4 Å². The van der Waals surface area contributed by atoms with Crippen molar-refractivity contribution in [3.8, 4) is 11.5 Å². The van der Waals surface area contributed by atoms with E-state index in [-0.39, 0.29) is 11.9 Å². The summed E-state index contributed by atoms with van der Waals surface area (Å²) in [6.45, 7) is 2.54. The zero-order valence-corrected chi connectivity index (χ0v) is 21.3. The fourth-order valence-electron chi connectivity index (χ4n) is 4.11. The van der Waals surface area contributed by atoms with Crippen molar-refractivity contribution in [1.29, 1.82) is 0 Å². The quantitative estimate of drug-likeness (QED) is 0.300. The summed E-state index contributed by atoms with van der Waals surface area (Å²) in [6, 6.07) is 19.2. The van der Waals surface area contributed by atoms with Crippen LogP contribution in [0.1, 0.15) is 54.1 Å². The topological polar surface area (TPSA) is 59.6 Å². The zero-order valence-electron chi connectivity index (χ0n) is 21.3. The number of methoxy groups -OCH3 is 2. The van der Waals surface area contributed by atoms with Crippen LogP contribution in [-0.4, -0.2) is 26.7 Å². The van der Waals surface area contributed by atoms with Crippen LogP contribution in [0.25, 0.3) is 0 Å². The Morgan fingerprint density at radius 2 is 1.57 bits per heavy atom. The highest BCUT2D eigenvalue weighted by atomic mass is 19.4. The maximum Gasteiger partial charge on any atom is 0.416 e. The van der Waals surface area contributed by atoms with Gasteiger partial charge in [-0.3, -0.25) is 10.1 Å². The molecule has 0 bridgehead atoms. The third-order valence-electron chi connectivity index (χ3n) is 6.13. The van der Waals surface area contributed by atoms with E-state index >= 15 is 0 Å². The van der Waals surface area contributed by atoms with Crippen LogP contribution in [0.5, 0.6) is 11.5 Å². The molecule has 0 spiro atoms. The molecular weight excluding hydrogens is 481 g/mol. The van der Waals surface area contributed by atoms with Gasteiger partial charge < -0.3 is 14.8 Å². The van der Waals surface area contributed by atoms with Crippen LogP contribution in [0.4, 0.5) is 13.2 Å². The largest absolute Gasteiger partial charge is 0.493 e. The van der Waals surface area contributed by atoms with Crippen LogP contribution in [0, 0.1) is 0 Å². The predicted octanol–water partition coefficient (Wildman–Crippen LogP) is 6.25. The van der Waals surface area contributed by atoms with Gasteiger partial charge in [-0.1, -0.05) is 55.5 Å². The second-order valence-electron chi connectivity index (χ2n) is 8.70. The molecule has 0 saturated heterocycles. The maximum atomic E-state index is 13.2. The number of carbonyl (C=O) groups is 1. The van der Waals surface area contributed by atoms with Gasteiger partial charge in [-0.2, -0.15) is 13.2 Å². The molecule has 0 aliphatic carbocycles. The summed E-state index contributed by atoms with van der Waals surface area (Å²) in [5.74, 6) is 0.981. The number of hydrogen-bond acceptors (Lipinski definition) is 4. The number of carbonyl (C=O) groups excluding carboxylic acids is 1. The molecule has 0 heterocycles. The minimum Gasteiger partial charge on any atom is -0.493 e. The first-order valence-corrected chi connectivity index (χ1v) is 12.2. The minimum absolute atomic E-state index is 0.145. The lowest BCUT2D eigenvalue weighted by molar-refractivity contribution is -0.137. The van der Waals surface area contributed by atoms with Gasteiger partial charge in [0, 0.05) is 12.6 Å². The summed E-state index contributed by atoms with van der Waals surface area (Å²) in [4.78, 5) is 13.2. The molecule has 3 aromatic carbocycles. The number of halogens is 3. The Morgan fingerprint density at radius 3 is 2.16 bits per heavy atom. The summed E-state index contributed by atoms with van der Waals surface area (Å²) < 4.78 is 49.8. The molecule has 0 fully saturated rings. The Morgan fingerprint density at radius 1 is 0.892 bits per heavy atom. The third kappa shape index (κ3) is 7.73.